The average Bonchev–Trinajstić information content (AvgIpc) is 2.89. The molecule has 2 bridgehead atoms. The van der Waals surface area contributed by atoms with Crippen LogP contribution in [0.15, 0.2) is 20.7 Å². The Morgan fingerprint density at radius 2 is 2.00 bits per heavy atom. The van der Waals surface area contributed by atoms with Crippen LogP contribution < -0.4 is 16.0 Å². The molecule has 7 nitrogen and oxygen atoms in total. The number of fused-ring (bicyclic) bond motifs is 2. The molecule has 19 heavy (non-hydrogen) atoms. The highest BCUT2D eigenvalue weighted by atomic mass is 32.2. The largest absolute Gasteiger partial charge is 0.325 e. The Morgan fingerprint density at radius 3 is 2.58 bits per heavy atom. The van der Waals surface area contributed by atoms with Gasteiger partial charge in [0.25, 0.3) is 5.56 Å². The number of sulfonamides is 1. The number of aromatic amines is 2. The van der Waals surface area contributed by atoms with Crippen LogP contribution in [0, 0.1) is 11.8 Å². The summed E-state index contributed by atoms with van der Waals surface area (Å²) in [5.74, 6) is 0.980. The van der Waals surface area contributed by atoms with Crippen LogP contribution in [-0.2, 0) is 10.0 Å². The van der Waals surface area contributed by atoms with Gasteiger partial charge in [0.05, 0.1) is 0 Å². The molecular formula is C11H15N3O4S. The van der Waals surface area contributed by atoms with Crippen LogP contribution in [-0.4, -0.2) is 24.4 Å². The topological polar surface area (TPSA) is 112 Å². The van der Waals surface area contributed by atoms with Crippen LogP contribution in [0.3, 0.4) is 0 Å². The molecular weight excluding hydrogens is 270 g/mol. The molecule has 1 aromatic rings. The maximum Gasteiger partial charge on any atom is 0.325 e. The lowest BCUT2D eigenvalue weighted by Gasteiger charge is -2.22. The molecule has 1 heterocycles. The molecule has 2 saturated carbocycles. The second-order valence-corrected chi connectivity index (χ2v) is 7.02. The molecule has 1 aromatic heterocycles. The monoisotopic (exact) mass is 285 g/mol. The lowest BCUT2D eigenvalue weighted by atomic mass is 9.96. The highest BCUT2D eigenvalue weighted by molar-refractivity contribution is 7.89. The van der Waals surface area contributed by atoms with E-state index in [2.05, 4.69) is 9.71 Å². The number of rotatable bonds is 3. The first-order valence-electron chi connectivity index (χ1n) is 6.30. The maximum atomic E-state index is 12.1. The Balaban J connectivity index is 1.87. The molecule has 0 radical (unpaired) electrons. The van der Waals surface area contributed by atoms with Crippen LogP contribution in [0.2, 0.25) is 0 Å². The van der Waals surface area contributed by atoms with Crippen molar-refractivity contribution < 1.29 is 8.42 Å². The van der Waals surface area contributed by atoms with Crippen molar-refractivity contribution in [3.63, 3.8) is 0 Å². The molecule has 104 valence electrons. The molecule has 0 aromatic carbocycles. The van der Waals surface area contributed by atoms with E-state index >= 15 is 0 Å². The predicted octanol–water partition coefficient (Wildman–Crippen LogP) is -0.470. The number of nitrogens with one attached hydrogen (secondary N) is 3. The third-order valence-corrected chi connectivity index (χ3v) is 5.61. The van der Waals surface area contributed by atoms with E-state index in [1.807, 2.05) is 4.98 Å². The zero-order chi connectivity index (χ0) is 13.6. The van der Waals surface area contributed by atoms with Gasteiger partial charge in [-0.1, -0.05) is 6.42 Å². The highest BCUT2D eigenvalue weighted by Gasteiger charge is 2.41. The molecule has 0 amide bonds. The van der Waals surface area contributed by atoms with Crippen molar-refractivity contribution >= 4 is 10.0 Å². The zero-order valence-electron chi connectivity index (χ0n) is 10.2. The summed E-state index contributed by atoms with van der Waals surface area (Å²) in [7, 11) is -3.88. The van der Waals surface area contributed by atoms with Crippen molar-refractivity contribution in [1.82, 2.24) is 14.7 Å². The minimum absolute atomic E-state index is 0.0879. The SMILES string of the molecule is O=c1[nH]cc(S(=O)(=O)N[C@@H]2C[C@H]3CC[C@@H]2C3)c(=O)[nH]1. The van der Waals surface area contributed by atoms with Gasteiger partial charge in [0.2, 0.25) is 10.0 Å². The van der Waals surface area contributed by atoms with E-state index < -0.39 is 26.2 Å². The summed E-state index contributed by atoms with van der Waals surface area (Å²) in [6.45, 7) is 0. The van der Waals surface area contributed by atoms with Crippen molar-refractivity contribution in [2.75, 3.05) is 0 Å². The van der Waals surface area contributed by atoms with Gasteiger partial charge in [-0.05, 0) is 31.1 Å². The zero-order valence-corrected chi connectivity index (χ0v) is 11.0. The van der Waals surface area contributed by atoms with Gasteiger partial charge in [-0.2, -0.15) is 0 Å². The van der Waals surface area contributed by atoms with E-state index in [1.54, 1.807) is 0 Å². The summed E-state index contributed by atoms with van der Waals surface area (Å²) in [6, 6.07) is -0.0879. The molecule has 2 fully saturated rings. The lowest BCUT2D eigenvalue weighted by molar-refractivity contribution is 0.390. The fourth-order valence-corrected chi connectivity index (χ4v) is 4.57. The van der Waals surface area contributed by atoms with Gasteiger partial charge in [0, 0.05) is 12.2 Å². The van der Waals surface area contributed by atoms with E-state index in [1.165, 1.54) is 6.42 Å². The fourth-order valence-electron chi connectivity index (χ4n) is 3.25. The van der Waals surface area contributed by atoms with Crippen molar-refractivity contribution in [1.29, 1.82) is 0 Å². The van der Waals surface area contributed by atoms with E-state index in [0.717, 1.165) is 25.5 Å². The molecule has 3 atom stereocenters. The fraction of sp³-hybridized carbons (Fsp3) is 0.636. The number of hydrogen-bond donors (Lipinski definition) is 3. The second-order valence-electron chi connectivity index (χ2n) is 5.34. The van der Waals surface area contributed by atoms with E-state index in [4.69, 9.17) is 0 Å². The molecule has 8 heteroatoms. The molecule has 0 aliphatic heterocycles. The molecule has 2 aliphatic rings. The van der Waals surface area contributed by atoms with Crippen molar-refractivity contribution in [2.45, 2.75) is 36.6 Å². The molecule has 3 rings (SSSR count). The number of hydrogen-bond acceptors (Lipinski definition) is 4. The first kappa shape index (κ1) is 12.6. The third-order valence-electron chi connectivity index (χ3n) is 4.12. The highest BCUT2D eigenvalue weighted by Crippen LogP contribution is 2.44. The second kappa shape index (κ2) is 4.31. The molecule has 3 N–H and O–H groups in total. The van der Waals surface area contributed by atoms with Gasteiger partial charge in [0.1, 0.15) is 0 Å². The minimum Gasteiger partial charge on any atom is -0.313 e. The van der Waals surface area contributed by atoms with Gasteiger partial charge in [-0.3, -0.25) is 9.78 Å². The number of aromatic nitrogens is 2. The molecule has 0 unspecified atom stereocenters. The van der Waals surface area contributed by atoms with Crippen LogP contribution in [0.1, 0.15) is 25.7 Å². The first-order chi connectivity index (χ1) is 8.95. The molecule has 2 aliphatic carbocycles. The van der Waals surface area contributed by atoms with Crippen molar-refractivity contribution in [2.24, 2.45) is 11.8 Å². The van der Waals surface area contributed by atoms with Crippen LogP contribution in [0.25, 0.3) is 0 Å². The summed E-state index contributed by atoms with van der Waals surface area (Å²) in [5, 5.41) is 0. The van der Waals surface area contributed by atoms with Crippen LogP contribution in [0.4, 0.5) is 0 Å². The van der Waals surface area contributed by atoms with E-state index in [-0.39, 0.29) is 6.04 Å². The van der Waals surface area contributed by atoms with Crippen LogP contribution in [0.5, 0.6) is 0 Å². The molecule has 0 spiro atoms. The number of H-pyrrole nitrogens is 2. The Morgan fingerprint density at radius 1 is 1.21 bits per heavy atom. The van der Waals surface area contributed by atoms with Gasteiger partial charge in [-0.15, -0.1) is 0 Å². The first-order valence-corrected chi connectivity index (χ1v) is 7.78. The van der Waals surface area contributed by atoms with Gasteiger partial charge in [0.15, 0.2) is 4.90 Å². The quantitative estimate of drug-likeness (QED) is 0.697. The van der Waals surface area contributed by atoms with E-state index in [0.29, 0.717) is 11.8 Å². The third kappa shape index (κ3) is 2.25. The Kier molecular flexibility index (Phi) is 2.86. The summed E-state index contributed by atoms with van der Waals surface area (Å²) in [4.78, 5) is 26.1. The summed E-state index contributed by atoms with van der Waals surface area (Å²) in [5.41, 5.74) is -1.61. The van der Waals surface area contributed by atoms with Crippen LogP contribution >= 0.6 is 0 Å². The van der Waals surface area contributed by atoms with Crippen molar-refractivity contribution in [3.05, 3.63) is 27.0 Å². The summed E-state index contributed by atoms with van der Waals surface area (Å²) < 4.78 is 26.9. The Labute approximate surface area is 109 Å². The Hall–Kier alpha value is -1.41. The van der Waals surface area contributed by atoms with Crippen molar-refractivity contribution in [3.8, 4) is 0 Å². The maximum absolute atomic E-state index is 12.1. The average molecular weight is 285 g/mol. The van der Waals surface area contributed by atoms with Gasteiger partial charge < -0.3 is 4.98 Å². The summed E-state index contributed by atoms with van der Waals surface area (Å²) in [6.07, 6.45) is 5.05. The molecule has 0 saturated heterocycles. The minimum atomic E-state index is -3.88. The Bertz CT molecular complexity index is 705. The van der Waals surface area contributed by atoms with Gasteiger partial charge >= 0.3 is 5.69 Å². The predicted molar refractivity (Wildman–Crippen MR) is 67.2 cm³/mol. The summed E-state index contributed by atoms with van der Waals surface area (Å²) >= 11 is 0. The standard InChI is InChI=1S/C11H15N3O4S/c15-10-9(5-12-11(16)13-10)19(17,18)14-8-4-6-1-2-7(8)3-6/h5-8,14H,1-4H2,(H2,12,13,15,16)/t6-,7+,8+/m0/s1. The lowest BCUT2D eigenvalue weighted by Crippen LogP contribution is -2.41. The normalized spacial score (nSPS) is 29.8. The van der Waals surface area contributed by atoms with E-state index in [9.17, 15) is 18.0 Å². The van der Waals surface area contributed by atoms with Gasteiger partial charge in [-0.25, -0.2) is 17.9 Å². The smallest absolute Gasteiger partial charge is 0.313 e.